The number of hydrogen-bond donors (Lipinski definition) is 9. The van der Waals surface area contributed by atoms with Crippen LogP contribution < -0.4 is 54.7 Å². The van der Waals surface area contributed by atoms with Crippen LogP contribution in [0.2, 0.25) is 0 Å². The summed E-state index contributed by atoms with van der Waals surface area (Å²) in [6.45, 7) is 59.4. The highest BCUT2D eigenvalue weighted by atomic mass is 19.1. The van der Waals surface area contributed by atoms with Crippen LogP contribution in [-0.4, -0.2) is 162 Å². The number of aromatic nitrogens is 18. The maximum absolute atomic E-state index is 12.7. The van der Waals surface area contributed by atoms with Crippen molar-refractivity contribution in [3.63, 3.8) is 0 Å². The average Bonchev–Trinajstić information content (AvgIpc) is 1.66. The van der Waals surface area contributed by atoms with E-state index in [1.165, 1.54) is 6.08 Å². The molecule has 10 aromatic rings. The Hall–Kier alpha value is -13.4. The number of H-pyrrole nitrogens is 2. The summed E-state index contributed by atoms with van der Waals surface area (Å²) in [5, 5.41) is 7.61. The molecule has 0 aromatic carbocycles. The fourth-order valence-corrected chi connectivity index (χ4v) is 11.1. The van der Waals surface area contributed by atoms with E-state index < -0.39 is 11.7 Å². The Balaban J connectivity index is 0.000000203. The van der Waals surface area contributed by atoms with Crippen molar-refractivity contribution in [3.8, 4) is 5.88 Å². The van der Waals surface area contributed by atoms with Gasteiger partial charge in [-0.2, -0.15) is 19.3 Å². The number of nitrogens with one attached hydrogen (secondary N) is 5. The summed E-state index contributed by atoms with van der Waals surface area (Å²) in [7, 11) is 0. The summed E-state index contributed by atoms with van der Waals surface area (Å²) >= 11 is 0. The van der Waals surface area contributed by atoms with Crippen LogP contribution in [0, 0.1) is 13.8 Å². The van der Waals surface area contributed by atoms with Gasteiger partial charge in [-0.15, -0.1) is 0 Å². The number of nitrogens with two attached hydrogens (primary N) is 4. The van der Waals surface area contributed by atoms with Crippen molar-refractivity contribution in [2.75, 3.05) is 23.8 Å². The first-order chi connectivity index (χ1) is 54.5. The van der Waals surface area contributed by atoms with E-state index >= 15 is 0 Å². The molecule has 37 heteroatoms. The number of nitrogens with zero attached hydrogens (tertiary/aromatic N) is 21. The SMILES string of the molecule is C=C1N=C(N)C=CN1C(C)C.C=C1NC(=O)C(C)=CN1C(C)C.C=C1NC(=O)C(F)=CN1C(C)C.C=C1NC(=O)C=CN1C(C)C.CC(C)n1cnc2c(=O)[nH]ccc21.CC(C)n1cnc2c(N)ccnc21.CC(C)n1cnc2c(N)nc(N)nc21.CCOc1nc(C)nc2c1ncn2C(C)C.Cc1nc2c(ncn2C(C)C)c(=O)[nH]1. The summed E-state index contributed by atoms with van der Waals surface area (Å²) in [5.41, 5.74) is 30.5. The fraction of sp³-hybridized carbons (Fsp3) is 0.405. The molecule has 14 rings (SSSR count). The summed E-state index contributed by atoms with van der Waals surface area (Å²) < 4.78 is 28.0. The summed E-state index contributed by atoms with van der Waals surface area (Å²) in [4.78, 5) is 118. The lowest BCUT2D eigenvalue weighted by atomic mass is 10.2. The number of nitrogen functional groups attached to an aromatic ring is 3. The first kappa shape index (κ1) is 91.5. The van der Waals surface area contributed by atoms with E-state index in [-0.39, 0.29) is 47.0 Å². The summed E-state index contributed by atoms with van der Waals surface area (Å²) in [6, 6.07) is 6.30. The third kappa shape index (κ3) is 23.8. The topological polar surface area (TPSA) is 458 Å². The van der Waals surface area contributed by atoms with Crippen molar-refractivity contribution in [1.29, 1.82) is 0 Å². The van der Waals surface area contributed by atoms with E-state index in [2.05, 4.69) is 167 Å². The molecule has 0 saturated carbocycles. The minimum absolute atomic E-state index is 0.0584. The lowest BCUT2D eigenvalue weighted by Gasteiger charge is -2.31. The van der Waals surface area contributed by atoms with Crippen LogP contribution in [-0.2, 0) is 14.4 Å². The number of hydrogen-bond acceptors (Lipinski definition) is 26. The number of aliphatic imine (C=N–C) groups is 1. The van der Waals surface area contributed by atoms with E-state index in [1.54, 1.807) is 81.1 Å². The van der Waals surface area contributed by atoms with Crippen molar-refractivity contribution < 1.29 is 23.5 Å². The lowest BCUT2D eigenvalue weighted by Crippen LogP contribution is -2.40. The van der Waals surface area contributed by atoms with Gasteiger partial charge < -0.3 is 96.0 Å². The zero-order valence-corrected chi connectivity index (χ0v) is 70.4. The number of amidine groups is 1. The molecule has 0 atom stereocenters. The van der Waals surface area contributed by atoms with Gasteiger partial charge in [0, 0.05) is 103 Å². The van der Waals surface area contributed by atoms with Gasteiger partial charge in [0.15, 0.2) is 45.0 Å². The van der Waals surface area contributed by atoms with E-state index in [0.717, 1.165) is 39.6 Å². The second-order valence-corrected chi connectivity index (χ2v) is 29.1. The quantitative estimate of drug-likeness (QED) is 0.0581. The van der Waals surface area contributed by atoms with Crippen molar-refractivity contribution in [1.82, 2.24) is 123 Å². The van der Waals surface area contributed by atoms with E-state index in [0.29, 0.717) is 129 Å². The van der Waals surface area contributed by atoms with E-state index in [1.807, 2.05) is 139 Å². The Bertz CT molecular complexity index is 5380. The molecule has 0 bridgehead atoms. The standard InChI is InChI=1S/C11H16N4O.C9H12N4O.C9H12N4.C9H11N3O.C9H14N2O.C8H11FN2O.C8H12N6.C8H13N3.C8H12N2O/c1-5-16-11-9-10(13-8(4)14-11)15(6-12-9)7(2)3;1-5(2)13-4-10-7-8(13)11-6(3)12-9(7)14;1-6(2)13-5-12-8-7(10)3-4-11-9(8)13;1-6(2)12-5-11-8-7(12)3-4-10-9(8)13;1-6(2)11-5-7(3)9(12)10-8(11)4;1-5(2)11-4-7(9)8(12)10-6(11)3;1-4(2)14-3-11-5-6(9)12-8(10)13-7(5)14;1-6(2)11-5-4-8(9)10-7(11)3;1-6(2)10-5-4-8(11)9-7(10)3/h6-7H,5H2,1-4H3;4-5H,1-3H3,(H,11,12,14);3-6H,1-2H3,(H2,10,11);3-6H,1-2H3,(H,10,13);5-6H,4H2,1-3H3,(H,10,12);4-5H,3H2,1-2H3,(H,10,12);3-4H,1-2H3,(H4,9,10,12,13);4-6H,3H2,1-2H3,(H2,9,10);4-6H,3H2,1-2H3,(H,9,11). The molecule has 0 saturated heterocycles. The van der Waals surface area contributed by atoms with Crippen LogP contribution in [0.5, 0.6) is 5.88 Å². The van der Waals surface area contributed by atoms with Crippen molar-refractivity contribution in [3.05, 3.63) is 186 Å². The second kappa shape index (κ2) is 40.9. The molecular formula is C79H113FN30O6. The van der Waals surface area contributed by atoms with Gasteiger partial charge in [0.05, 0.1) is 49.4 Å². The van der Waals surface area contributed by atoms with Crippen LogP contribution in [0.25, 0.3) is 55.7 Å². The number of aromatic amines is 2. The number of anilines is 3. The van der Waals surface area contributed by atoms with Gasteiger partial charge in [-0.3, -0.25) is 24.0 Å². The normalized spacial score (nSPS) is 13.9. The largest absolute Gasteiger partial charge is 0.476 e. The van der Waals surface area contributed by atoms with Gasteiger partial charge in [0.1, 0.15) is 51.8 Å². The predicted molar refractivity (Wildman–Crippen MR) is 454 cm³/mol. The highest BCUT2D eigenvalue weighted by Crippen LogP contribution is 2.26. The van der Waals surface area contributed by atoms with Gasteiger partial charge in [-0.25, -0.2) is 44.9 Å². The molecule has 10 aromatic heterocycles. The fourth-order valence-electron chi connectivity index (χ4n) is 11.1. The Morgan fingerprint density at radius 1 is 0.474 bits per heavy atom. The number of aryl methyl sites for hydroxylation is 2. The number of rotatable bonds is 11. The third-order valence-corrected chi connectivity index (χ3v) is 17.0. The average molecular weight is 1600 g/mol. The van der Waals surface area contributed by atoms with Crippen LogP contribution >= 0.6 is 0 Å². The molecule has 0 spiro atoms. The zero-order valence-electron chi connectivity index (χ0n) is 70.4. The molecule has 116 heavy (non-hydrogen) atoms. The molecule has 13 N–H and O–H groups in total. The molecule has 622 valence electrons. The summed E-state index contributed by atoms with van der Waals surface area (Å²) in [6.07, 6.45) is 21.8. The molecule has 36 nitrogen and oxygen atoms in total. The maximum Gasteiger partial charge on any atom is 0.287 e. The van der Waals surface area contributed by atoms with Gasteiger partial charge in [-0.1, -0.05) is 26.3 Å². The van der Waals surface area contributed by atoms with Crippen LogP contribution in [0.3, 0.4) is 0 Å². The van der Waals surface area contributed by atoms with Crippen LogP contribution in [0.15, 0.2) is 169 Å². The number of pyridine rings is 2. The molecule has 0 unspecified atom stereocenters. The maximum atomic E-state index is 12.7. The Labute approximate surface area is 674 Å². The number of ether oxygens (including phenoxy) is 1. The smallest absolute Gasteiger partial charge is 0.287 e. The van der Waals surface area contributed by atoms with Crippen LogP contribution in [0.1, 0.15) is 180 Å². The highest BCUT2D eigenvalue weighted by molar-refractivity contribution is 5.95. The highest BCUT2D eigenvalue weighted by Gasteiger charge is 2.24. The molecule has 0 aliphatic carbocycles. The predicted octanol–water partition coefficient (Wildman–Crippen LogP) is 10.8. The van der Waals surface area contributed by atoms with Crippen molar-refractivity contribution >= 4 is 96.7 Å². The Morgan fingerprint density at radius 2 is 0.948 bits per heavy atom. The van der Waals surface area contributed by atoms with Gasteiger partial charge >= 0.3 is 0 Å². The molecule has 0 radical (unpaired) electrons. The third-order valence-electron chi connectivity index (χ3n) is 17.0. The van der Waals surface area contributed by atoms with E-state index in [9.17, 15) is 28.4 Å². The number of fused-ring (bicyclic) bond motifs is 5. The molecular weight excluding hydrogens is 1480 g/mol. The molecule has 3 amide bonds. The first-order valence-corrected chi connectivity index (χ1v) is 37.7. The lowest BCUT2D eigenvalue weighted by molar-refractivity contribution is -0.119. The second-order valence-electron chi connectivity index (χ2n) is 29.1. The minimum atomic E-state index is -0.781. The molecule has 4 aliphatic heterocycles. The van der Waals surface area contributed by atoms with Crippen molar-refractivity contribution in [2.24, 2.45) is 10.7 Å². The molecule has 0 fully saturated rings. The first-order valence-electron chi connectivity index (χ1n) is 37.7. The van der Waals surface area contributed by atoms with Gasteiger partial charge in [0.25, 0.3) is 28.8 Å². The summed E-state index contributed by atoms with van der Waals surface area (Å²) in [5.74, 6) is 3.67. The van der Waals surface area contributed by atoms with Gasteiger partial charge in [-0.05, 0) is 171 Å². The van der Waals surface area contributed by atoms with E-state index in [4.69, 9.17) is 27.7 Å². The number of carbonyl (C=O) groups excluding carboxylic acids is 3. The minimum Gasteiger partial charge on any atom is -0.476 e. The van der Waals surface area contributed by atoms with Gasteiger partial charge in [0.2, 0.25) is 17.7 Å². The number of carbonyl (C=O) groups is 3. The Kier molecular flexibility index (Phi) is 32.3. The molecule has 14 heterocycles. The molecule has 4 aliphatic rings. The zero-order chi connectivity index (χ0) is 86.6. The number of halogens is 1. The number of amides is 3. The Morgan fingerprint density at radius 3 is 1.48 bits per heavy atom. The number of imidazole rings is 5. The monoisotopic (exact) mass is 1600 g/mol. The van der Waals surface area contributed by atoms with Crippen molar-refractivity contribution in [2.45, 2.75) is 207 Å². The van der Waals surface area contributed by atoms with Crippen LogP contribution in [0.4, 0.5) is 21.8 Å².